The number of nitrogen functional groups attached to an aromatic ring is 1. The van der Waals surface area contributed by atoms with E-state index in [1.807, 2.05) is 0 Å². The van der Waals surface area contributed by atoms with Crippen LogP contribution in [0.2, 0.25) is 0 Å². The second kappa shape index (κ2) is 3.33. The first kappa shape index (κ1) is 9.06. The third-order valence-corrected chi connectivity index (χ3v) is 2.57. The van der Waals surface area contributed by atoms with E-state index in [-0.39, 0.29) is 0 Å². The van der Waals surface area contributed by atoms with Crippen LogP contribution in [0.1, 0.15) is 25.0 Å². The summed E-state index contributed by atoms with van der Waals surface area (Å²) < 4.78 is 5.33. The van der Waals surface area contributed by atoms with E-state index in [2.05, 4.69) is 24.9 Å². The van der Waals surface area contributed by atoms with E-state index in [4.69, 9.17) is 10.2 Å². The van der Waals surface area contributed by atoms with Gasteiger partial charge in [-0.05, 0) is 30.0 Å². The van der Waals surface area contributed by atoms with Crippen LogP contribution in [0.5, 0.6) is 0 Å². The highest BCUT2D eigenvalue weighted by atomic mass is 16.3. The molecule has 0 saturated carbocycles. The number of rotatable bonds is 2. The number of benzene rings is 1. The van der Waals surface area contributed by atoms with Gasteiger partial charge < -0.3 is 10.2 Å². The SMILES string of the molecule is CCc1cc(CC)c2ocnc2c1N. The van der Waals surface area contributed by atoms with Gasteiger partial charge in [0.05, 0.1) is 5.69 Å². The van der Waals surface area contributed by atoms with Gasteiger partial charge in [-0.25, -0.2) is 4.98 Å². The number of oxazole rings is 1. The van der Waals surface area contributed by atoms with Gasteiger partial charge in [0.15, 0.2) is 12.0 Å². The molecule has 1 aromatic heterocycles. The summed E-state index contributed by atoms with van der Waals surface area (Å²) in [5, 5.41) is 0. The van der Waals surface area contributed by atoms with E-state index in [0.29, 0.717) is 0 Å². The molecule has 0 spiro atoms. The Morgan fingerprint density at radius 3 is 2.64 bits per heavy atom. The number of fused-ring (bicyclic) bond motifs is 1. The van der Waals surface area contributed by atoms with Crippen LogP contribution in [0, 0.1) is 0 Å². The molecule has 0 amide bonds. The maximum atomic E-state index is 5.98. The summed E-state index contributed by atoms with van der Waals surface area (Å²) in [4.78, 5) is 4.14. The highest BCUT2D eigenvalue weighted by Gasteiger charge is 2.11. The van der Waals surface area contributed by atoms with Crippen molar-refractivity contribution in [3.63, 3.8) is 0 Å². The van der Waals surface area contributed by atoms with Gasteiger partial charge in [-0.1, -0.05) is 13.8 Å². The van der Waals surface area contributed by atoms with Crippen LogP contribution in [0.25, 0.3) is 11.1 Å². The zero-order chi connectivity index (χ0) is 10.1. The normalized spacial score (nSPS) is 11.0. The Bertz CT molecular complexity index is 460. The van der Waals surface area contributed by atoms with E-state index in [9.17, 15) is 0 Å². The molecule has 3 heteroatoms. The zero-order valence-corrected chi connectivity index (χ0v) is 8.50. The van der Waals surface area contributed by atoms with E-state index >= 15 is 0 Å². The minimum absolute atomic E-state index is 0.758. The lowest BCUT2D eigenvalue weighted by atomic mass is 10.0. The van der Waals surface area contributed by atoms with Crippen molar-refractivity contribution in [3.05, 3.63) is 23.6 Å². The molecular weight excluding hydrogens is 176 g/mol. The second-order valence-corrected chi connectivity index (χ2v) is 3.35. The molecule has 2 rings (SSSR count). The predicted molar refractivity (Wildman–Crippen MR) is 57.2 cm³/mol. The highest BCUT2D eigenvalue weighted by Crippen LogP contribution is 2.28. The Labute approximate surface area is 82.9 Å². The number of nitrogens with zero attached hydrogens (tertiary/aromatic N) is 1. The predicted octanol–water partition coefficient (Wildman–Crippen LogP) is 2.53. The molecular formula is C11H14N2O. The summed E-state index contributed by atoms with van der Waals surface area (Å²) in [5.74, 6) is 0. The summed E-state index contributed by atoms with van der Waals surface area (Å²) >= 11 is 0. The van der Waals surface area contributed by atoms with Crippen molar-refractivity contribution in [2.24, 2.45) is 0 Å². The number of hydrogen-bond acceptors (Lipinski definition) is 3. The monoisotopic (exact) mass is 190 g/mol. The van der Waals surface area contributed by atoms with E-state index < -0.39 is 0 Å². The second-order valence-electron chi connectivity index (χ2n) is 3.35. The topological polar surface area (TPSA) is 52.0 Å². The Morgan fingerprint density at radius 2 is 2.00 bits per heavy atom. The minimum Gasteiger partial charge on any atom is -0.443 e. The maximum Gasteiger partial charge on any atom is 0.182 e. The van der Waals surface area contributed by atoms with Crippen LogP contribution in [0.15, 0.2) is 16.9 Å². The fourth-order valence-electron chi connectivity index (χ4n) is 1.73. The van der Waals surface area contributed by atoms with Gasteiger partial charge in [0, 0.05) is 0 Å². The van der Waals surface area contributed by atoms with Crippen molar-refractivity contribution in [2.75, 3.05) is 5.73 Å². The summed E-state index contributed by atoms with van der Waals surface area (Å²) in [7, 11) is 0. The molecule has 0 aliphatic carbocycles. The van der Waals surface area contributed by atoms with Gasteiger partial charge in [-0.15, -0.1) is 0 Å². The summed E-state index contributed by atoms with van der Waals surface area (Å²) in [5.41, 5.74) is 10.7. The number of aryl methyl sites for hydroxylation is 2. The fraction of sp³-hybridized carbons (Fsp3) is 0.364. The number of hydrogen-bond donors (Lipinski definition) is 1. The Balaban J connectivity index is 2.80. The van der Waals surface area contributed by atoms with Crippen molar-refractivity contribution >= 4 is 16.8 Å². The third kappa shape index (κ3) is 1.16. The number of nitrogens with two attached hydrogens (primary N) is 1. The molecule has 0 fully saturated rings. The lowest BCUT2D eigenvalue weighted by Crippen LogP contribution is -1.96. The minimum atomic E-state index is 0.758. The van der Waals surface area contributed by atoms with Gasteiger partial charge in [0.1, 0.15) is 5.52 Å². The molecule has 1 aromatic carbocycles. The standard InChI is InChI=1S/C11H14N2O/c1-3-7-5-8(4-2)11-10(9(7)12)13-6-14-11/h5-6H,3-4,12H2,1-2H3. The molecule has 1 heterocycles. The first-order valence-electron chi connectivity index (χ1n) is 4.91. The van der Waals surface area contributed by atoms with Crippen LogP contribution in [-0.2, 0) is 12.8 Å². The highest BCUT2D eigenvalue weighted by molar-refractivity contribution is 5.89. The van der Waals surface area contributed by atoms with Crippen LogP contribution in [0.3, 0.4) is 0 Å². The Kier molecular flexibility index (Phi) is 2.15. The van der Waals surface area contributed by atoms with Gasteiger partial charge in [0.25, 0.3) is 0 Å². The zero-order valence-electron chi connectivity index (χ0n) is 8.50. The van der Waals surface area contributed by atoms with Crippen molar-refractivity contribution in [1.82, 2.24) is 4.98 Å². The van der Waals surface area contributed by atoms with E-state index in [1.165, 1.54) is 12.0 Å². The van der Waals surface area contributed by atoms with Crippen molar-refractivity contribution < 1.29 is 4.42 Å². The van der Waals surface area contributed by atoms with Crippen molar-refractivity contribution in [3.8, 4) is 0 Å². The molecule has 3 nitrogen and oxygen atoms in total. The maximum absolute atomic E-state index is 5.98. The fourth-order valence-corrected chi connectivity index (χ4v) is 1.73. The molecule has 2 N–H and O–H groups in total. The Morgan fingerprint density at radius 1 is 1.29 bits per heavy atom. The average Bonchev–Trinajstić information content (AvgIpc) is 2.68. The average molecular weight is 190 g/mol. The van der Waals surface area contributed by atoms with Crippen LogP contribution in [0.4, 0.5) is 5.69 Å². The first-order chi connectivity index (χ1) is 6.77. The van der Waals surface area contributed by atoms with Crippen molar-refractivity contribution in [2.45, 2.75) is 26.7 Å². The summed E-state index contributed by atoms with van der Waals surface area (Å²) in [6, 6.07) is 2.11. The van der Waals surface area contributed by atoms with Gasteiger partial charge in [0.2, 0.25) is 0 Å². The first-order valence-corrected chi connectivity index (χ1v) is 4.91. The summed E-state index contributed by atoms with van der Waals surface area (Å²) in [6.07, 6.45) is 3.33. The quantitative estimate of drug-likeness (QED) is 0.740. The van der Waals surface area contributed by atoms with Gasteiger partial charge >= 0.3 is 0 Å². The van der Waals surface area contributed by atoms with Crippen LogP contribution >= 0.6 is 0 Å². The molecule has 0 unspecified atom stereocenters. The van der Waals surface area contributed by atoms with Crippen LogP contribution < -0.4 is 5.73 Å². The molecule has 0 radical (unpaired) electrons. The van der Waals surface area contributed by atoms with E-state index in [0.717, 1.165) is 35.2 Å². The molecule has 0 bridgehead atoms. The molecule has 0 saturated heterocycles. The summed E-state index contributed by atoms with van der Waals surface area (Å²) in [6.45, 7) is 4.20. The molecule has 0 aliphatic heterocycles. The number of aromatic nitrogens is 1. The molecule has 0 aliphatic rings. The van der Waals surface area contributed by atoms with E-state index in [1.54, 1.807) is 0 Å². The lowest BCUT2D eigenvalue weighted by Gasteiger charge is -2.06. The smallest absolute Gasteiger partial charge is 0.182 e. The molecule has 0 atom stereocenters. The van der Waals surface area contributed by atoms with Crippen LogP contribution in [-0.4, -0.2) is 4.98 Å². The molecule has 74 valence electrons. The van der Waals surface area contributed by atoms with Gasteiger partial charge in [-0.3, -0.25) is 0 Å². The largest absolute Gasteiger partial charge is 0.443 e. The lowest BCUT2D eigenvalue weighted by molar-refractivity contribution is 0.598. The van der Waals surface area contributed by atoms with Crippen molar-refractivity contribution in [1.29, 1.82) is 0 Å². The van der Waals surface area contributed by atoms with Gasteiger partial charge in [-0.2, -0.15) is 0 Å². The third-order valence-electron chi connectivity index (χ3n) is 2.57. The Hall–Kier alpha value is -1.51. The number of anilines is 1. The molecule has 14 heavy (non-hydrogen) atoms. The molecule has 2 aromatic rings.